The van der Waals surface area contributed by atoms with Crippen molar-refractivity contribution >= 4 is 34.4 Å². The highest BCUT2D eigenvalue weighted by Crippen LogP contribution is 2.33. The number of benzene rings is 2. The number of aliphatic imine (C=N–C) groups is 1. The summed E-state index contributed by atoms with van der Waals surface area (Å²) in [5.41, 5.74) is 7.06. The highest BCUT2D eigenvalue weighted by molar-refractivity contribution is 6.31. The maximum Gasteiger partial charge on any atom is 0.282 e. The Bertz CT molecular complexity index is 1010. The number of aromatic nitrogens is 2. The topological polar surface area (TPSA) is 85.3 Å². The van der Waals surface area contributed by atoms with Crippen molar-refractivity contribution in [3.63, 3.8) is 0 Å². The van der Waals surface area contributed by atoms with Crippen molar-refractivity contribution in [3.8, 4) is 0 Å². The van der Waals surface area contributed by atoms with Gasteiger partial charge in [0, 0.05) is 10.6 Å². The number of fused-ring (bicyclic) bond motifs is 3. The Morgan fingerprint density at radius 3 is 2.70 bits per heavy atom. The van der Waals surface area contributed by atoms with E-state index in [4.69, 9.17) is 17.3 Å². The summed E-state index contributed by atoms with van der Waals surface area (Å²) < 4.78 is 1.83. The predicted octanol–water partition coefficient (Wildman–Crippen LogP) is 2.34. The van der Waals surface area contributed by atoms with E-state index >= 15 is 0 Å². The minimum Gasteiger partial charge on any atom is -0.370 e. The molecular formula is C16H12ClN5O. The smallest absolute Gasteiger partial charge is 0.282 e. The fourth-order valence-electron chi connectivity index (χ4n) is 2.75. The van der Waals surface area contributed by atoms with Crippen molar-refractivity contribution in [2.24, 2.45) is 10.7 Å². The molecule has 1 aromatic heterocycles. The molecule has 1 aliphatic rings. The highest BCUT2D eigenvalue weighted by atomic mass is 35.5. The highest BCUT2D eigenvalue weighted by Gasteiger charge is 2.25. The maximum absolute atomic E-state index is 12.2. The van der Waals surface area contributed by atoms with Crippen LogP contribution in [0.1, 0.15) is 11.7 Å². The van der Waals surface area contributed by atoms with Crippen LogP contribution in [0.4, 0.5) is 5.95 Å². The van der Waals surface area contributed by atoms with Crippen molar-refractivity contribution in [2.75, 3.05) is 5.32 Å². The lowest BCUT2D eigenvalue weighted by Gasteiger charge is -2.27. The summed E-state index contributed by atoms with van der Waals surface area (Å²) in [6.07, 6.45) is -0.488. The molecule has 114 valence electrons. The molecule has 0 saturated heterocycles. The fraction of sp³-hybridized carbons (Fsp3) is 0.0625. The Labute approximate surface area is 136 Å². The lowest BCUT2D eigenvalue weighted by molar-refractivity contribution is 0.616. The summed E-state index contributed by atoms with van der Waals surface area (Å²) in [6, 6.07) is 14.7. The molecule has 4 rings (SSSR count). The molecule has 6 nitrogen and oxygen atoms in total. The first-order chi connectivity index (χ1) is 11.1. The third-order valence-corrected chi connectivity index (χ3v) is 4.10. The third kappa shape index (κ3) is 2.15. The van der Waals surface area contributed by atoms with E-state index in [9.17, 15) is 4.79 Å². The van der Waals surface area contributed by atoms with Crippen molar-refractivity contribution in [2.45, 2.75) is 6.17 Å². The van der Waals surface area contributed by atoms with E-state index in [1.54, 1.807) is 18.2 Å². The van der Waals surface area contributed by atoms with Crippen LogP contribution >= 0.6 is 11.6 Å². The normalized spacial score (nSPS) is 16.6. The van der Waals surface area contributed by atoms with E-state index < -0.39 is 6.17 Å². The summed E-state index contributed by atoms with van der Waals surface area (Å²) in [7, 11) is 0. The quantitative estimate of drug-likeness (QED) is 0.719. The number of nitrogens with two attached hydrogens (primary N) is 1. The molecular weight excluding hydrogens is 314 g/mol. The second kappa shape index (κ2) is 5.10. The number of rotatable bonds is 1. The van der Waals surface area contributed by atoms with Gasteiger partial charge in [-0.3, -0.25) is 14.7 Å². The number of halogens is 1. The lowest BCUT2D eigenvalue weighted by atomic mass is 10.1. The molecule has 0 amide bonds. The Morgan fingerprint density at radius 2 is 1.87 bits per heavy atom. The summed E-state index contributed by atoms with van der Waals surface area (Å²) >= 11 is 6.33. The van der Waals surface area contributed by atoms with Gasteiger partial charge in [0.05, 0.1) is 10.9 Å². The van der Waals surface area contributed by atoms with E-state index in [0.29, 0.717) is 16.4 Å². The van der Waals surface area contributed by atoms with Gasteiger partial charge in [0.2, 0.25) is 5.95 Å². The maximum atomic E-state index is 12.2. The standard InChI is InChI=1S/C16H12ClN5O/c17-11-7-3-1-5-9(11)13-19-15(18)21-16-20-14(23)10-6-2-4-8-12(10)22(13)16/h1-8,13H,(H3,18,19,20,21,23)/t13-/m0/s1. The molecule has 2 aromatic carbocycles. The minimum atomic E-state index is -0.488. The van der Waals surface area contributed by atoms with Gasteiger partial charge in [-0.25, -0.2) is 4.99 Å². The van der Waals surface area contributed by atoms with Crippen molar-refractivity contribution in [1.82, 2.24) is 9.55 Å². The Hall–Kier alpha value is -2.86. The van der Waals surface area contributed by atoms with E-state index in [0.717, 1.165) is 11.1 Å². The van der Waals surface area contributed by atoms with E-state index in [1.165, 1.54) is 0 Å². The molecule has 0 radical (unpaired) electrons. The van der Waals surface area contributed by atoms with Crippen LogP contribution in [0, 0.1) is 0 Å². The van der Waals surface area contributed by atoms with Gasteiger partial charge >= 0.3 is 0 Å². The Morgan fingerprint density at radius 1 is 1.13 bits per heavy atom. The van der Waals surface area contributed by atoms with Gasteiger partial charge < -0.3 is 5.73 Å². The van der Waals surface area contributed by atoms with Crippen molar-refractivity contribution < 1.29 is 0 Å². The van der Waals surface area contributed by atoms with Crippen LogP contribution in [0.15, 0.2) is 58.3 Å². The second-order valence-corrected chi connectivity index (χ2v) is 5.57. The summed E-state index contributed by atoms with van der Waals surface area (Å²) in [5, 5.41) is 3.94. The van der Waals surface area contributed by atoms with Gasteiger partial charge in [-0.05, 0) is 18.2 Å². The van der Waals surface area contributed by atoms with Crippen LogP contribution in [-0.2, 0) is 0 Å². The molecule has 0 bridgehead atoms. The number of hydrogen-bond donors (Lipinski definition) is 2. The summed E-state index contributed by atoms with van der Waals surface area (Å²) in [6.45, 7) is 0. The number of para-hydroxylation sites is 1. The largest absolute Gasteiger partial charge is 0.370 e. The van der Waals surface area contributed by atoms with Gasteiger partial charge in [0.1, 0.15) is 0 Å². The van der Waals surface area contributed by atoms with Gasteiger partial charge in [0.25, 0.3) is 5.56 Å². The first-order valence-electron chi connectivity index (χ1n) is 7.01. The molecule has 1 atom stereocenters. The first-order valence-corrected chi connectivity index (χ1v) is 7.39. The molecule has 3 N–H and O–H groups in total. The van der Waals surface area contributed by atoms with E-state index in [2.05, 4.69) is 15.3 Å². The van der Waals surface area contributed by atoms with Crippen LogP contribution in [0.2, 0.25) is 5.02 Å². The second-order valence-electron chi connectivity index (χ2n) is 5.16. The zero-order valence-electron chi connectivity index (χ0n) is 11.9. The van der Waals surface area contributed by atoms with E-state index in [-0.39, 0.29) is 11.5 Å². The van der Waals surface area contributed by atoms with Crippen LogP contribution < -0.4 is 16.6 Å². The number of guanidine groups is 1. The fourth-order valence-corrected chi connectivity index (χ4v) is 2.99. The SMILES string of the molecule is NC1=N[C@H](c2ccccc2Cl)n2c(nc(=O)c3ccccc32)N1. The number of nitrogens with one attached hydrogen (secondary N) is 1. The number of hydrogen-bond acceptors (Lipinski definition) is 5. The van der Waals surface area contributed by atoms with Gasteiger partial charge in [-0.2, -0.15) is 4.98 Å². The molecule has 2 heterocycles. The Kier molecular flexibility index (Phi) is 3.06. The van der Waals surface area contributed by atoms with Gasteiger partial charge in [0.15, 0.2) is 12.1 Å². The average Bonchev–Trinajstić information content (AvgIpc) is 2.54. The number of nitrogens with zero attached hydrogens (tertiary/aromatic N) is 3. The van der Waals surface area contributed by atoms with Crippen LogP contribution in [0.25, 0.3) is 10.9 Å². The average molecular weight is 326 g/mol. The van der Waals surface area contributed by atoms with Crippen LogP contribution in [0.3, 0.4) is 0 Å². The molecule has 0 aliphatic carbocycles. The third-order valence-electron chi connectivity index (χ3n) is 3.76. The molecule has 0 fully saturated rings. The number of anilines is 1. The predicted molar refractivity (Wildman–Crippen MR) is 90.8 cm³/mol. The molecule has 3 aromatic rings. The van der Waals surface area contributed by atoms with E-state index in [1.807, 2.05) is 34.9 Å². The monoisotopic (exact) mass is 325 g/mol. The van der Waals surface area contributed by atoms with Crippen molar-refractivity contribution in [3.05, 3.63) is 69.5 Å². The lowest BCUT2D eigenvalue weighted by Crippen LogP contribution is -2.34. The zero-order chi connectivity index (χ0) is 16.0. The first kappa shape index (κ1) is 13.8. The summed E-state index contributed by atoms with van der Waals surface area (Å²) in [4.78, 5) is 20.7. The van der Waals surface area contributed by atoms with Crippen LogP contribution in [0.5, 0.6) is 0 Å². The molecule has 0 spiro atoms. The minimum absolute atomic E-state index is 0.192. The molecule has 0 unspecified atom stereocenters. The molecule has 23 heavy (non-hydrogen) atoms. The molecule has 0 saturated carbocycles. The molecule has 1 aliphatic heterocycles. The Balaban J connectivity index is 2.08. The van der Waals surface area contributed by atoms with Crippen molar-refractivity contribution in [1.29, 1.82) is 0 Å². The summed E-state index contributed by atoms with van der Waals surface area (Å²) in [5.74, 6) is 0.545. The van der Waals surface area contributed by atoms with Gasteiger partial charge in [-0.15, -0.1) is 0 Å². The van der Waals surface area contributed by atoms with Gasteiger partial charge in [-0.1, -0.05) is 41.9 Å². The molecule has 7 heteroatoms. The zero-order valence-corrected chi connectivity index (χ0v) is 12.7. The van der Waals surface area contributed by atoms with Crippen LogP contribution in [-0.4, -0.2) is 15.5 Å².